The number of piperazine rings is 1. The Bertz CT molecular complexity index is 769. The maximum atomic E-state index is 13.2. The van der Waals surface area contributed by atoms with E-state index in [2.05, 4.69) is 21.2 Å². The lowest BCUT2D eigenvalue weighted by Crippen LogP contribution is -2.53. The van der Waals surface area contributed by atoms with Crippen molar-refractivity contribution >= 4 is 11.7 Å². The Balaban J connectivity index is 1.25. The summed E-state index contributed by atoms with van der Waals surface area (Å²) in [6, 6.07) is 3.09. The number of carbonyl (C=O) groups excluding carboxylic acids is 1. The number of pyridine rings is 1. The topological polar surface area (TPSA) is 74.5 Å². The van der Waals surface area contributed by atoms with E-state index in [4.69, 9.17) is 10.7 Å². The second-order valence-corrected chi connectivity index (χ2v) is 9.85. The van der Waals surface area contributed by atoms with Crippen molar-refractivity contribution in [1.29, 1.82) is 0 Å². The predicted octanol–water partition coefficient (Wildman–Crippen LogP) is 2.67. The minimum atomic E-state index is 0.353. The number of hydrogen-bond acceptors (Lipinski definition) is 5. The van der Waals surface area contributed by atoms with E-state index in [-0.39, 0.29) is 0 Å². The number of nitrogens with one attached hydrogen (secondary N) is 1. The van der Waals surface area contributed by atoms with Gasteiger partial charge in [0.2, 0.25) is 5.91 Å². The van der Waals surface area contributed by atoms with Crippen molar-refractivity contribution in [3.8, 4) is 0 Å². The van der Waals surface area contributed by atoms with Gasteiger partial charge in [0.15, 0.2) is 0 Å². The quantitative estimate of drug-likeness (QED) is 0.797. The zero-order chi connectivity index (χ0) is 20.5. The highest BCUT2D eigenvalue weighted by atomic mass is 16.2. The van der Waals surface area contributed by atoms with Crippen molar-refractivity contribution in [2.45, 2.75) is 76.3 Å². The molecule has 3 N–H and O–H groups in total. The van der Waals surface area contributed by atoms with Crippen molar-refractivity contribution in [1.82, 2.24) is 20.1 Å². The molecule has 2 aliphatic heterocycles. The van der Waals surface area contributed by atoms with Gasteiger partial charge in [0.05, 0.1) is 0 Å². The van der Waals surface area contributed by atoms with E-state index < -0.39 is 0 Å². The molecule has 0 spiro atoms. The molecule has 30 heavy (non-hydrogen) atoms. The summed E-state index contributed by atoms with van der Waals surface area (Å²) < 4.78 is 0. The average Bonchev–Trinajstić information content (AvgIpc) is 2.73. The fraction of sp³-hybridized carbons (Fsp3) is 0.750. The molecular weight excluding hydrogens is 374 g/mol. The minimum absolute atomic E-state index is 0.353. The Morgan fingerprint density at radius 3 is 2.67 bits per heavy atom. The van der Waals surface area contributed by atoms with Gasteiger partial charge >= 0.3 is 0 Å². The molecule has 164 valence electrons. The van der Waals surface area contributed by atoms with Crippen LogP contribution in [0.25, 0.3) is 0 Å². The monoisotopic (exact) mass is 411 g/mol. The molecule has 2 saturated carbocycles. The molecule has 1 saturated heterocycles. The normalized spacial score (nSPS) is 28.1. The Hall–Kier alpha value is -1.66. The number of nitrogens with two attached hydrogens (primary N) is 1. The number of hydrogen-bond donors (Lipinski definition) is 2. The fourth-order valence-corrected chi connectivity index (χ4v) is 6.03. The van der Waals surface area contributed by atoms with Crippen LogP contribution >= 0.6 is 0 Å². The lowest BCUT2D eigenvalue weighted by molar-refractivity contribution is -0.135. The number of nitrogen functional groups attached to an aromatic ring is 1. The lowest BCUT2D eigenvalue weighted by Gasteiger charge is -2.43. The highest BCUT2D eigenvalue weighted by Crippen LogP contribution is 2.42. The van der Waals surface area contributed by atoms with E-state index in [1.54, 1.807) is 0 Å². The van der Waals surface area contributed by atoms with Crippen LogP contribution in [0.3, 0.4) is 0 Å². The molecule has 1 aromatic heterocycles. The number of amides is 1. The largest absolute Gasteiger partial charge is 0.383 e. The zero-order valence-corrected chi connectivity index (χ0v) is 18.2. The summed E-state index contributed by atoms with van der Waals surface area (Å²) in [6.07, 6.45) is 10.4. The van der Waals surface area contributed by atoms with Gasteiger partial charge in [-0.05, 0) is 54.7 Å². The van der Waals surface area contributed by atoms with Gasteiger partial charge in [0.1, 0.15) is 5.82 Å². The third kappa shape index (κ3) is 4.09. The second kappa shape index (κ2) is 8.83. The Morgan fingerprint density at radius 2 is 1.90 bits per heavy atom. The van der Waals surface area contributed by atoms with Crippen LogP contribution in [0.15, 0.2) is 6.07 Å². The predicted molar refractivity (Wildman–Crippen MR) is 119 cm³/mol. The van der Waals surface area contributed by atoms with Gasteiger partial charge in [0, 0.05) is 63.8 Å². The van der Waals surface area contributed by atoms with Crippen LogP contribution in [0.2, 0.25) is 0 Å². The molecule has 4 aliphatic rings. The highest BCUT2D eigenvalue weighted by molar-refractivity contribution is 5.76. The molecule has 5 rings (SSSR count). The summed E-state index contributed by atoms with van der Waals surface area (Å²) in [6.45, 7) is 5.78. The molecule has 2 unspecified atom stereocenters. The van der Waals surface area contributed by atoms with E-state index in [1.807, 2.05) is 0 Å². The minimum Gasteiger partial charge on any atom is -0.383 e. The maximum Gasteiger partial charge on any atom is 0.222 e. The van der Waals surface area contributed by atoms with Gasteiger partial charge < -0.3 is 16.0 Å². The summed E-state index contributed by atoms with van der Waals surface area (Å²) in [4.78, 5) is 22.7. The molecule has 1 aromatic rings. The Kier molecular flexibility index (Phi) is 5.96. The number of fused-ring (bicyclic) bond motifs is 1. The maximum absolute atomic E-state index is 13.2. The van der Waals surface area contributed by atoms with Crippen molar-refractivity contribution in [2.75, 3.05) is 38.5 Å². The van der Waals surface area contributed by atoms with Crippen LogP contribution in [-0.2, 0) is 17.8 Å². The third-order valence-corrected chi connectivity index (χ3v) is 8.11. The standard InChI is InChI=1S/C24H37N5O/c25-24-21(14-18-16-26-9-8-22(18)27-24)20-7-2-1-4-17(20)15-23(30)29-12-10-28(11-13-29)19-5-3-6-19/h14,17,19-20,26H,1-13,15-16H2,(H2,25,27). The first-order chi connectivity index (χ1) is 14.7. The number of aromatic nitrogens is 1. The van der Waals surface area contributed by atoms with Gasteiger partial charge in [0.25, 0.3) is 0 Å². The van der Waals surface area contributed by atoms with E-state index in [0.29, 0.717) is 30.0 Å². The number of carbonyl (C=O) groups is 1. The first-order valence-electron chi connectivity index (χ1n) is 12.2. The Morgan fingerprint density at radius 1 is 1.10 bits per heavy atom. The van der Waals surface area contributed by atoms with Crippen LogP contribution in [0.5, 0.6) is 0 Å². The molecular formula is C24H37N5O. The molecule has 0 radical (unpaired) electrons. The third-order valence-electron chi connectivity index (χ3n) is 8.11. The molecule has 3 heterocycles. The summed E-state index contributed by atoms with van der Waals surface area (Å²) in [5.41, 5.74) is 10.1. The van der Waals surface area contributed by atoms with Gasteiger partial charge in [-0.15, -0.1) is 0 Å². The fourth-order valence-electron chi connectivity index (χ4n) is 6.03. The van der Waals surface area contributed by atoms with Gasteiger partial charge in [-0.1, -0.05) is 19.3 Å². The summed E-state index contributed by atoms with van der Waals surface area (Å²) in [5.74, 6) is 1.83. The number of anilines is 1. The van der Waals surface area contributed by atoms with E-state index >= 15 is 0 Å². The van der Waals surface area contributed by atoms with Crippen LogP contribution in [0.1, 0.15) is 74.1 Å². The smallest absolute Gasteiger partial charge is 0.222 e. The average molecular weight is 412 g/mol. The van der Waals surface area contributed by atoms with Crippen molar-refractivity contribution in [3.05, 3.63) is 22.9 Å². The molecule has 1 amide bonds. The van der Waals surface area contributed by atoms with E-state index in [0.717, 1.165) is 70.3 Å². The molecule has 6 nitrogen and oxygen atoms in total. The lowest BCUT2D eigenvalue weighted by atomic mass is 9.73. The van der Waals surface area contributed by atoms with Crippen molar-refractivity contribution in [3.63, 3.8) is 0 Å². The first kappa shape index (κ1) is 20.3. The second-order valence-electron chi connectivity index (χ2n) is 9.85. The molecule has 0 aromatic carbocycles. The van der Waals surface area contributed by atoms with Crippen LogP contribution < -0.4 is 11.1 Å². The molecule has 3 fully saturated rings. The Labute approximate surface area is 180 Å². The zero-order valence-electron chi connectivity index (χ0n) is 18.2. The summed E-state index contributed by atoms with van der Waals surface area (Å²) >= 11 is 0. The van der Waals surface area contributed by atoms with Crippen molar-refractivity contribution < 1.29 is 4.79 Å². The van der Waals surface area contributed by atoms with Crippen LogP contribution in [0, 0.1) is 5.92 Å². The van der Waals surface area contributed by atoms with Gasteiger partial charge in [-0.25, -0.2) is 4.98 Å². The van der Waals surface area contributed by atoms with Crippen LogP contribution in [-0.4, -0.2) is 59.5 Å². The number of rotatable bonds is 4. The summed E-state index contributed by atoms with van der Waals surface area (Å²) in [5, 5.41) is 3.45. The van der Waals surface area contributed by atoms with Gasteiger partial charge in [-0.3, -0.25) is 9.69 Å². The first-order valence-corrected chi connectivity index (χ1v) is 12.2. The molecule has 6 heteroatoms. The molecule has 2 aliphatic carbocycles. The van der Waals surface area contributed by atoms with Crippen LogP contribution in [0.4, 0.5) is 5.82 Å². The SMILES string of the molecule is Nc1nc2c(cc1C1CCCCC1CC(=O)N1CCN(C3CCC3)CC1)CNCC2. The van der Waals surface area contributed by atoms with Crippen molar-refractivity contribution in [2.24, 2.45) is 5.92 Å². The van der Waals surface area contributed by atoms with E-state index in [9.17, 15) is 4.79 Å². The molecule has 2 atom stereocenters. The number of nitrogens with zero attached hydrogens (tertiary/aromatic N) is 3. The summed E-state index contributed by atoms with van der Waals surface area (Å²) in [7, 11) is 0. The molecule has 0 bridgehead atoms. The highest BCUT2D eigenvalue weighted by Gasteiger charge is 2.34. The van der Waals surface area contributed by atoms with Gasteiger partial charge in [-0.2, -0.15) is 0 Å². The van der Waals surface area contributed by atoms with E-state index in [1.165, 1.54) is 43.2 Å².